The van der Waals surface area contributed by atoms with E-state index in [1.54, 1.807) is 24.3 Å². The highest BCUT2D eigenvalue weighted by Gasteiger charge is 2.34. The summed E-state index contributed by atoms with van der Waals surface area (Å²) in [6, 6.07) is 17.4. The predicted octanol–water partition coefficient (Wildman–Crippen LogP) is 3.54. The molecule has 5 heteroatoms. The third-order valence-corrected chi connectivity index (χ3v) is 5.98. The second kappa shape index (κ2) is 8.60. The molecule has 29 heavy (non-hydrogen) atoms. The maximum Gasteiger partial charge on any atom is 0.261 e. The molecule has 0 bridgehead atoms. The van der Waals surface area contributed by atoms with E-state index < -0.39 is 0 Å². The standard InChI is InChI=1S/C24H26N2O3/c27-22(25-15-12-19(13-16-25)17-18-7-2-1-3-8-18)11-6-14-26-23(28)20-9-4-5-10-21(20)24(26)29/h1-5,7-10,19H,6,11-17H2. The number of likely N-dealkylation sites (tertiary alicyclic amines) is 1. The number of hydrogen-bond donors (Lipinski definition) is 0. The minimum atomic E-state index is -0.250. The number of benzene rings is 2. The van der Waals surface area contributed by atoms with Gasteiger partial charge in [0.25, 0.3) is 11.8 Å². The monoisotopic (exact) mass is 390 g/mol. The summed E-state index contributed by atoms with van der Waals surface area (Å²) in [6.07, 6.45) is 4.01. The predicted molar refractivity (Wildman–Crippen MR) is 110 cm³/mol. The maximum absolute atomic E-state index is 12.6. The van der Waals surface area contributed by atoms with Crippen molar-refractivity contribution in [2.24, 2.45) is 5.92 Å². The van der Waals surface area contributed by atoms with Gasteiger partial charge in [-0.2, -0.15) is 0 Å². The molecule has 0 saturated carbocycles. The quantitative estimate of drug-likeness (QED) is 0.709. The van der Waals surface area contributed by atoms with Crippen molar-refractivity contribution in [1.82, 2.24) is 9.80 Å². The van der Waals surface area contributed by atoms with E-state index in [1.165, 1.54) is 10.5 Å². The van der Waals surface area contributed by atoms with Crippen LogP contribution in [-0.2, 0) is 11.2 Å². The lowest BCUT2D eigenvalue weighted by Crippen LogP contribution is -2.39. The van der Waals surface area contributed by atoms with Gasteiger partial charge in [0.05, 0.1) is 11.1 Å². The molecule has 5 nitrogen and oxygen atoms in total. The van der Waals surface area contributed by atoms with Crippen LogP contribution in [0.25, 0.3) is 0 Å². The lowest BCUT2D eigenvalue weighted by molar-refractivity contribution is -0.132. The summed E-state index contributed by atoms with van der Waals surface area (Å²) in [6.45, 7) is 1.88. The Labute approximate surface area is 171 Å². The lowest BCUT2D eigenvalue weighted by Gasteiger charge is -2.32. The minimum Gasteiger partial charge on any atom is -0.343 e. The van der Waals surface area contributed by atoms with Gasteiger partial charge in [-0.25, -0.2) is 0 Å². The second-order valence-electron chi connectivity index (χ2n) is 7.92. The van der Waals surface area contributed by atoms with Crippen LogP contribution in [0.1, 0.15) is 52.0 Å². The second-order valence-corrected chi connectivity index (χ2v) is 7.92. The molecule has 1 fully saturated rings. The molecular weight excluding hydrogens is 364 g/mol. The van der Waals surface area contributed by atoms with Crippen molar-refractivity contribution in [2.45, 2.75) is 32.1 Å². The number of carbonyl (C=O) groups excluding carboxylic acids is 3. The van der Waals surface area contributed by atoms with Gasteiger partial charge in [-0.15, -0.1) is 0 Å². The van der Waals surface area contributed by atoms with Crippen molar-refractivity contribution in [2.75, 3.05) is 19.6 Å². The molecule has 2 aromatic rings. The third-order valence-electron chi connectivity index (χ3n) is 5.98. The van der Waals surface area contributed by atoms with Crippen molar-refractivity contribution >= 4 is 17.7 Å². The summed E-state index contributed by atoms with van der Waals surface area (Å²) >= 11 is 0. The number of amides is 3. The SMILES string of the molecule is O=C(CCCN1C(=O)c2ccccc2C1=O)N1CCC(Cc2ccccc2)CC1. The Kier molecular flexibility index (Phi) is 5.74. The fourth-order valence-corrected chi connectivity index (χ4v) is 4.32. The van der Waals surface area contributed by atoms with Crippen molar-refractivity contribution in [1.29, 1.82) is 0 Å². The van der Waals surface area contributed by atoms with E-state index in [4.69, 9.17) is 0 Å². The molecular formula is C24H26N2O3. The number of carbonyl (C=O) groups is 3. The first-order valence-electron chi connectivity index (χ1n) is 10.4. The van der Waals surface area contributed by atoms with Crippen molar-refractivity contribution in [3.05, 3.63) is 71.3 Å². The lowest BCUT2D eigenvalue weighted by atomic mass is 9.90. The highest BCUT2D eigenvalue weighted by molar-refractivity contribution is 6.21. The zero-order valence-corrected chi connectivity index (χ0v) is 16.5. The molecule has 2 aromatic carbocycles. The van der Waals surface area contributed by atoms with Crippen LogP contribution >= 0.6 is 0 Å². The first-order chi connectivity index (χ1) is 14.1. The van der Waals surface area contributed by atoms with Crippen LogP contribution in [0.15, 0.2) is 54.6 Å². The number of rotatable bonds is 6. The van der Waals surface area contributed by atoms with E-state index in [1.807, 2.05) is 11.0 Å². The maximum atomic E-state index is 12.6. The molecule has 2 aliphatic rings. The average Bonchev–Trinajstić information content (AvgIpc) is 3.00. The smallest absolute Gasteiger partial charge is 0.261 e. The summed E-state index contributed by atoms with van der Waals surface area (Å²) in [7, 11) is 0. The van der Waals surface area contributed by atoms with Gasteiger partial charge in [-0.05, 0) is 49.3 Å². The number of hydrogen-bond acceptors (Lipinski definition) is 3. The minimum absolute atomic E-state index is 0.125. The van der Waals surface area contributed by atoms with Crippen LogP contribution in [0.2, 0.25) is 0 Å². The number of fused-ring (bicyclic) bond motifs is 1. The summed E-state index contributed by atoms with van der Waals surface area (Å²) < 4.78 is 0. The third kappa shape index (κ3) is 4.24. The molecule has 0 aromatic heterocycles. The number of imide groups is 1. The highest BCUT2D eigenvalue weighted by Crippen LogP contribution is 2.24. The van der Waals surface area contributed by atoms with Gasteiger partial charge in [0.15, 0.2) is 0 Å². The highest BCUT2D eigenvalue weighted by atomic mass is 16.2. The van der Waals surface area contributed by atoms with Crippen molar-refractivity contribution < 1.29 is 14.4 Å². The Bertz CT molecular complexity index is 866. The zero-order valence-electron chi connectivity index (χ0n) is 16.5. The van der Waals surface area contributed by atoms with Crippen LogP contribution in [0.5, 0.6) is 0 Å². The van der Waals surface area contributed by atoms with E-state index in [0.717, 1.165) is 32.4 Å². The Morgan fingerprint density at radius 2 is 1.45 bits per heavy atom. The molecule has 0 N–H and O–H groups in total. The first kappa shape index (κ1) is 19.4. The largest absolute Gasteiger partial charge is 0.343 e. The van der Waals surface area contributed by atoms with Gasteiger partial charge in [0.1, 0.15) is 0 Å². The molecule has 0 atom stereocenters. The summed E-state index contributed by atoms with van der Waals surface area (Å²) in [5, 5.41) is 0. The number of nitrogens with zero attached hydrogens (tertiary/aromatic N) is 2. The van der Waals surface area contributed by atoms with Crippen molar-refractivity contribution in [3.8, 4) is 0 Å². The molecule has 0 aliphatic carbocycles. The van der Waals surface area contributed by atoms with Crippen LogP contribution in [0, 0.1) is 5.92 Å². The van der Waals surface area contributed by atoms with E-state index >= 15 is 0 Å². The summed E-state index contributed by atoms with van der Waals surface area (Å²) in [4.78, 5) is 40.5. The van der Waals surface area contributed by atoms with Crippen LogP contribution in [0.4, 0.5) is 0 Å². The summed E-state index contributed by atoms with van der Waals surface area (Å²) in [5.41, 5.74) is 2.28. The van der Waals surface area contributed by atoms with Gasteiger partial charge >= 0.3 is 0 Å². The molecule has 4 rings (SSSR count). The van der Waals surface area contributed by atoms with E-state index in [9.17, 15) is 14.4 Å². The molecule has 2 aliphatic heterocycles. The van der Waals surface area contributed by atoms with Gasteiger partial charge in [0.2, 0.25) is 5.91 Å². The van der Waals surface area contributed by atoms with Crippen LogP contribution in [-0.4, -0.2) is 47.2 Å². The average molecular weight is 390 g/mol. The molecule has 3 amide bonds. The van der Waals surface area contributed by atoms with Gasteiger partial charge in [-0.1, -0.05) is 42.5 Å². The topological polar surface area (TPSA) is 57.7 Å². The Morgan fingerprint density at radius 3 is 2.07 bits per heavy atom. The summed E-state index contributed by atoms with van der Waals surface area (Å²) in [5.74, 6) is 0.249. The fourth-order valence-electron chi connectivity index (χ4n) is 4.32. The van der Waals surface area contributed by atoms with Gasteiger partial charge in [-0.3, -0.25) is 19.3 Å². The van der Waals surface area contributed by atoms with Gasteiger partial charge < -0.3 is 4.90 Å². The van der Waals surface area contributed by atoms with Crippen molar-refractivity contribution in [3.63, 3.8) is 0 Å². The van der Waals surface area contributed by atoms with Gasteiger partial charge in [0, 0.05) is 26.1 Å². The fraction of sp³-hybridized carbons (Fsp3) is 0.375. The molecule has 1 saturated heterocycles. The van der Waals surface area contributed by atoms with Crippen LogP contribution in [0.3, 0.4) is 0 Å². The van der Waals surface area contributed by atoms with E-state index in [2.05, 4.69) is 24.3 Å². The Morgan fingerprint density at radius 1 is 0.862 bits per heavy atom. The normalized spacial score (nSPS) is 17.0. The first-order valence-corrected chi connectivity index (χ1v) is 10.4. The molecule has 0 spiro atoms. The van der Waals surface area contributed by atoms with E-state index in [0.29, 0.717) is 36.4 Å². The number of piperidine rings is 1. The Balaban J connectivity index is 1.21. The van der Waals surface area contributed by atoms with E-state index in [-0.39, 0.29) is 17.7 Å². The molecule has 0 radical (unpaired) electrons. The van der Waals surface area contributed by atoms with Crippen LogP contribution < -0.4 is 0 Å². The Hall–Kier alpha value is -2.95. The molecule has 150 valence electrons. The zero-order chi connectivity index (χ0) is 20.2. The molecule has 2 heterocycles. The molecule has 0 unspecified atom stereocenters.